The number of rotatable bonds is 4. The topological polar surface area (TPSA) is 29.1 Å². The largest absolute Gasteiger partial charge is 0.346 e. The van der Waals surface area contributed by atoms with Crippen LogP contribution in [0, 0.1) is 24.7 Å². The first-order valence-corrected chi connectivity index (χ1v) is 12.3. The molecule has 3 aromatic rings. The minimum atomic E-state index is 0.0587. The van der Waals surface area contributed by atoms with E-state index in [1.165, 1.54) is 65.3 Å². The molecule has 4 aliphatic carbocycles. The van der Waals surface area contributed by atoms with Gasteiger partial charge in [-0.3, -0.25) is 4.79 Å². The molecule has 0 unspecified atom stereocenters. The molecule has 4 aliphatic rings. The fourth-order valence-corrected chi connectivity index (χ4v) is 8.05. The van der Waals surface area contributed by atoms with E-state index in [0.717, 1.165) is 29.1 Å². The van der Waals surface area contributed by atoms with Gasteiger partial charge in [0.1, 0.15) is 0 Å². The summed E-state index contributed by atoms with van der Waals surface area (Å²) in [4.78, 5) is 14.6. The van der Waals surface area contributed by atoms with E-state index < -0.39 is 0 Å². The average molecular weight is 416 g/mol. The van der Waals surface area contributed by atoms with Gasteiger partial charge in [0.15, 0.2) is 0 Å². The number of carbonyl (C=O) groups excluding carboxylic acids is 1. The second-order valence-electron chi connectivity index (χ2n) is 10.2. The molecule has 2 nitrogen and oxygen atoms in total. The maximum atomic E-state index is 13.7. The second-order valence-corrected chi connectivity index (χ2v) is 11.3. The van der Waals surface area contributed by atoms with Gasteiger partial charge in [-0.05, 0) is 92.2 Å². The van der Waals surface area contributed by atoms with E-state index in [0.29, 0.717) is 0 Å². The molecule has 0 saturated heterocycles. The average Bonchev–Trinajstić information content (AvgIpc) is 3.07. The zero-order valence-electron chi connectivity index (χ0n) is 17.6. The number of carbonyl (C=O) groups is 1. The van der Waals surface area contributed by atoms with Crippen molar-refractivity contribution in [1.82, 2.24) is 5.32 Å². The first-order chi connectivity index (χ1) is 14.6. The van der Waals surface area contributed by atoms with Crippen LogP contribution < -0.4 is 5.32 Å². The second kappa shape index (κ2) is 6.95. The molecule has 3 heteroatoms. The third-order valence-corrected chi connectivity index (χ3v) is 9.03. The Bertz CT molecular complexity index is 1070. The van der Waals surface area contributed by atoms with Crippen molar-refractivity contribution in [1.29, 1.82) is 0 Å². The highest BCUT2D eigenvalue weighted by molar-refractivity contribution is 7.21. The zero-order chi connectivity index (χ0) is 20.3. The first kappa shape index (κ1) is 18.6. The van der Waals surface area contributed by atoms with E-state index in [1.54, 1.807) is 11.3 Å². The van der Waals surface area contributed by atoms with Crippen LogP contribution in [0.1, 0.15) is 64.9 Å². The SMILES string of the molecule is Cc1ccc(Cc2c(C(=O)NC34CC5CC(CC(C5)C3)C4)sc3ccccc23)cc1. The van der Waals surface area contributed by atoms with Crippen molar-refractivity contribution in [2.24, 2.45) is 17.8 Å². The Balaban J connectivity index is 1.34. The Hall–Kier alpha value is -2.13. The predicted molar refractivity (Wildman–Crippen MR) is 124 cm³/mol. The van der Waals surface area contributed by atoms with E-state index in [-0.39, 0.29) is 11.4 Å². The smallest absolute Gasteiger partial charge is 0.262 e. The van der Waals surface area contributed by atoms with Crippen LogP contribution in [-0.4, -0.2) is 11.4 Å². The summed E-state index contributed by atoms with van der Waals surface area (Å²) in [5.74, 6) is 2.68. The molecule has 7 rings (SSSR count). The molecule has 2 aromatic carbocycles. The lowest BCUT2D eigenvalue weighted by molar-refractivity contribution is -0.0166. The van der Waals surface area contributed by atoms with Gasteiger partial charge >= 0.3 is 0 Å². The molecule has 1 heterocycles. The Labute approximate surface area is 182 Å². The Morgan fingerprint density at radius 2 is 1.60 bits per heavy atom. The molecule has 0 aliphatic heterocycles. The van der Waals surface area contributed by atoms with E-state index >= 15 is 0 Å². The predicted octanol–water partition coefficient (Wildman–Crippen LogP) is 6.50. The van der Waals surface area contributed by atoms with Gasteiger partial charge in [-0.25, -0.2) is 0 Å². The highest BCUT2D eigenvalue weighted by atomic mass is 32.1. The minimum Gasteiger partial charge on any atom is -0.346 e. The molecule has 30 heavy (non-hydrogen) atoms. The Morgan fingerprint density at radius 3 is 2.27 bits per heavy atom. The van der Waals surface area contributed by atoms with Gasteiger partial charge in [-0.2, -0.15) is 0 Å². The standard InChI is InChI=1S/C27H29NOS/c1-17-6-8-18(9-7-17)13-23-22-4-2-3-5-24(22)30-25(23)26(29)28-27-14-19-10-20(15-27)12-21(11-19)16-27/h2-9,19-21H,10-16H2,1H3,(H,28,29). The highest BCUT2D eigenvalue weighted by Crippen LogP contribution is 2.55. The number of hydrogen-bond donors (Lipinski definition) is 1. The van der Waals surface area contributed by atoms with Crippen LogP contribution in [-0.2, 0) is 6.42 Å². The van der Waals surface area contributed by atoms with Gasteiger partial charge in [0.05, 0.1) is 4.88 Å². The van der Waals surface area contributed by atoms with Crippen molar-refractivity contribution in [3.8, 4) is 0 Å². The Kier molecular flexibility index (Phi) is 4.31. The van der Waals surface area contributed by atoms with E-state index in [2.05, 4.69) is 60.8 Å². The van der Waals surface area contributed by atoms with Crippen molar-refractivity contribution in [2.75, 3.05) is 0 Å². The summed E-state index contributed by atoms with van der Waals surface area (Å²) in [6.45, 7) is 2.12. The molecule has 4 fully saturated rings. The molecule has 0 atom stereocenters. The summed E-state index contributed by atoms with van der Waals surface area (Å²) in [5, 5.41) is 4.84. The van der Waals surface area contributed by atoms with Crippen LogP contribution in [0.5, 0.6) is 0 Å². The molecule has 1 N–H and O–H groups in total. The van der Waals surface area contributed by atoms with Gasteiger partial charge in [-0.1, -0.05) is 48.0 Å². The van der Waals surface area contributed by atoms with Gasteiger partial charge in [0.25, 0.3) is 5.91 Å². The van der Waals surface area contributed by atoms with Gasteiger partial charge < -0.3 is 5.32 Å². The van der Waals surface area contributed by atoms with Gasteiger partial charge in [0.2, 0.25) is 0 Å². The van der Waals surface area contributed by atoms with Crippen molar-refractivity contribution in [3.05, 3.63) is 70.1 Å². The van der Waals surface area contributed by atoms with Crippen LogP contribution in [0.25, 0.3) is 10.1 Å². The van der Waals surface area contributed by atoms with Crippen molar-refractivity contribution in [3.63, 3.8) is 0 Å². The molecular weight excluding hydrogens is 386 g/mol. The monoisotopic (exact) mass is 415 g/mol. The number of aryl methyl sites for hydroxylation is 1. The number of fused-ring (bicyclic) bond motifs is 1. The molecule has 1 amide bonds. The number of benzene rings is 2. The molecular formula is C27H29NOS. The summed E-state index contributed by atoms with van der Waals surface area (Å²) >= 11 is 1.67. The number of thiophene rings is 1. The fraction of sp³-hybridized carbons (Fsp3) is 0.444. The van der Waals surface area contributed by atoms with Gasteiger partial charge in [-0.15, -0.1) is 11.3 Å². The lowest BCUT2D eigenvalue weighted by atomic mass is 9.53. The fourth-order valence-electron chi connectivity index (χ4n) is 6.93. The van der Waals surface area contributed by atoms with Crippen molar-refractivity contribution >= 4 is 27.3 Å². The van der Waals surface area contributed by atoms with E-state index in [1.807, 2.05) is 0 Å². The lowest BCUT2D eigenvalue weighted by Crippen LogP contribution is -2.59. The summed E-state index contributed by atoms with van der Waals surface area (Å²) in [7, 11) is 0. The van der Waals surface area contributed by atoms with Crippen LogP contribution in [0.3, 0.4) is 0 Å². The van der Waals surface area contributed by atoms with Crippen LogP contribution in [0.4, 0.5) is 0 Å². The molecule has 4 bridgehead atoms. The molecule has 1 aromatic heterocycles. The molecule has 154 valence electrons. The maximum Gasteiger partial charge on any atom is 0.262 e. The number of hydrogen-bond acceptors (Lipinski definition) is 2. The third-order valence-electron chi connectivity index (χ3n) is 7.82. The number of amides is 1. The summed E-state index contributed by atoms with van der Waals surface area (Å²) in [5.41, 5.74) is 3.80. The summed E-state index contributed by atoms with van der Waals surface area (Å²) < 4.78 is 1.22. The highest BCUT2D eigenvalue weighted by Gasteiger charge is 2.51. The normalized spacial score (nSPS) is 29.4. The maximum absolute atomic E-state index is 13.7. The molecule has 0 radical (unpaired) electrons. The van der Waals surface area contributed by atoms with Crippen LogP contribution >= 0.6 is 11.3 Å². The minimum absolute atomic E-state index is 0.0587. The quantitative estimate of drug-likeness (QED) is 0.518. The van der Waals surface area contributed by atoms with Crippen molar-refractivity contribution < 1.29 is 4.79 Å². The zero-order valence-corrected chi connectivity index (χ0v) is 18.4. The van der Waals surface area contributed by atoms with Crippen molar-refractivity contribution in [2.45, 2.75) is 57.4 Å². The molecule has 0 spiro atoms. The third kappa shape index (κ3) is 3.19. The number of nitrogens with one attached hydrogen (secondary N) is 1. The van der Waals surface area contributed by atoms with E-state index in [9.17, 15) is 4.79 Å². The molecule has 4 saturated carbocycles. The first-order valence-electron chi connectivity index (χ1n) is 11.5. The van der Waals surface area contributed by atoms with Crippen LogP contribution in [0.15, 0.2) is 48.5 Å². The van der Waals surface area contributed by atoms with Gasteiger partial charge in [0, 0.05) is 10.2 Å². The summed E-state index contributed by atoms with van der Waals surface area (Å²) in [6.07, 6.45) is 8.60. The Morgan fingerprint density at radius 1 is 0.967 bits per heavy atom. The lowest BCUT2D eigenvalue weighted by Gasteiger charge is -2.56. The summed E-state index contributed by atoms with van der Waals surface area (Å²) in [6, 6.07) is 17.2. The van der Waals surface area contributed by atoms with Crippen LogP contribution in [0.2, 0.25) is 0 Å². The van der Waals surface area contributed by atoms with E-state index in [4.69, 9.17) is 0 Å².